The molecule has 1 N–H and O–H groups in total. The van der Waals surface area contributed by atoms with E-state index >= 15 is 0 Å². The van der Waals surface area contributed by atoms with Crippen LogP contribution in [0, 0.1) is 17.3 Å². The summed E-state index contributed by atoms with van der Waals surface area (Å²) < 4.78 is 5.34. The second-order valence-electron chi connectivity index (χ2n) is 6.60. The number of amides is 1. The van der Waals surface area contributed by atoms with Crippen LogP contribution in [0.3, 0.4) is 0 Å². The molecular weight excluding hydrogens is 284 g/mol. The first kappa shape index (κ1) is 13.7. The summed E-state index contributed by atoms with van der Waals surface area (Å²) >= 11 is 0. The van der Waals surface area contributed by atoms with Gasteiger partial charge in [0, 0.05) is 42.7 Å². The summed E-state index contributed by atoms with van der Waals surface area (Å²) in [6, 6.07) is 5.74. The summed E-state index contributed by atoms with van der Waals surface area (Å²) in [6.07, 6.45) is 2.56. The van der Waals surface area contributed by atoms with Crippen molar-refractivity contribution in [2.75, 3.05) is 26.3 Å². The van der Waals surface area contributed by atoms with Gasteiger partial charge in [-0.15, -0.1) is 0 Å². The minimum Gasteiger partial charge on any atom is -0.481 e. The molecule has 4 atom stereocenters. The number of rotatable bonds is 3. The maximum absolute atomic E-state index is 12.7. The van der Waals surface area contributed by atoms with Crippen LogP contribution in [-0.4, -0.2) is 53.2 Å². The van der Waals surface area contributed by atoms with E-state index in [2.05, 4.69) is 4.98 Å². The van der Waals surface area contributed by atoms with E-state index in [0.29, 0.717) is 13.2 Å². The van der Waals surface area contributed by atoms with Crippen molar-refractivity contribution < 1.29 is 19.4 Å². The number of hydrogen-bond acceptors (Lipinski definition) is 4. The highest BCUT2D eigenvalue weighted by molar-refractivity contribution is 5.85. The van der Waals surface area contributed by atoms with Gasteiger partial charge in [0.25, 0.3) is 0 Å². The molecular formula is C16H18N2O4. The number of fused-ring (bicyclic) bond motifs is 1. The summed E-state index contributed by atoms with van der Waals surface area (Å²) in [5.74, 6) is -0.708. The second kappa shape index (κ2) is 4.78. The van der Waals surface area contributed by atoms with Crippen LogP contribution in [0.2, 0.25) is 0 Å². The third kappa shape index (κ3) is 1.94. The second-order valence-corrected chi connectivity index (χ2v) is 6.60. The van der Waals surface area contributed by atoms with Crippen molar-refractivity contribution in [2.45, 2.75) is 12.3 Å². The molecule has 3 fully saturated rings. The topological polar surface area (TPSA) is 79.7 Å². The number of nitrogens with zero attached hydrogens (tertiary/aromatic N) is 2. The molecule has 1 saturated carbocycles. The summed E-state index contributed by atoms with van der Waals surface area (Å²) in [7, 11) is 0. The number of aromatic nitrogens is 1. The third-order valence-electron chi connectivity index (χ3n) is 5.29. The molecule has 6 heteroatoms. The Morgan fingerprint density at radius 3 is 2.95 bits per heavy atom. The lowest BCUT2D eigenvalue weighted by Gasteiger charge is -2.22. The van der Waals surface area contributed by atoms with Crippen LogP contribution in [0.4, 0.5) is 0 Å². The molecule has 3 heterocycles. The smallest absolute Gasteiger partial charge is 0.314 e. The van der Waals surface area contributed by atoms with Gasteiger partial charge in [-0.3, -0.25) is 14.6 Å². The Kier molecular flexibility index (Phi) is 2.97. The van der Waals surface area contributed by atoms with Crippen molar-refractivity contribution in [3.8, 4) is 0 Å². The van der Waals surface area contributed by atoms with Crippen molar-refractivity contribution in [3.63, 3.8) is 0 Å². The molecule has 4 rings (SSSR count). The molecule has 6 nitrogen and oxygen atoms in total. The van der Waals surface area contributed by atoms with Crippen molar-refractivity contribution >= 4 is 11.9 Å². The fourth-order valence-corrected chi connectivity index (χ4v) is 3.83. The lowest BCUT2D eigenvalue weighted by atomic mass is 9.81. The Labute approximate surface area is 128 Å². The Morgan fingerprint density at radius 1 is 1.41 bits per heavy atom. The van der Waals surface area contributed by atoms with Crippen LogP contribution in [0.15, 0.2) is 24.4 Å². The first-order valence-electron chi connectivity index (χ1n) is 7.63. The standard InChI is InChI=1S/C16H18N2O4/c19-14(12-5-11(12)13-3-1-2-4-17-13)18-6-10-7-22-9-16(10,8-18)15(20)21/h1-4,10-12H,5-9H2,(H,20,21)/t10-,11-,12-,16-/m1/s1. The average Bonchev–Trinajstić information content (AvgIpc) is 3.07. The molecule has 1 aromatic heterocycles. The summed E-state index contributed by atoms with van der Waals surface area (Å²) in [5.41, 5.74) is 0.0573. The number of carboxylic acids is 1. The van der Waals surface area contributed by atoms with Crippen LogP contribution in [0.1, 0.15) is 18.0 Å². The fraction of sp³-hybridized carbons (Fsp3) is 0.562. The van der Waals surface area contributed by atoms with Crippen molar-refractivity contribution in [2.24, 2.45) is 17.3 Å². The van der Waals surface area contributed by atoms with Crippen LogP contribution < -0.4 is 0 Å². The van der Waals surface area contributed by atoms with Gasteiger partial charge in [0.1, 0.15) is 5.41 Å². The number of carbonyl (C=O) groups excluding carboxylic acids is 1. The van der Waals surface area contributed by atoms with Gasteiger partial charge >= 0.3 is 5.97 Å². The number of ether oxygens (including phenoxy) is 1. The van der Waals surface area contributed by atoms with Crippen molar-refractivity contribution in [3.05, 3.63) is 30.1 Å². The van der Waals surface area contributed by atoms with Gasteiger partial charge in [0.2, 0.25) is 5.91 Å². The largest absolute Gasteiger partial charge is 0.481 e. The van der Waals surface area contributed by atoms with E-state index in [1.165, 1.54) is 0 Å². The molecule has 0 unspecified atom stereocenters. The van der Waals surface area contributed by atoms with E-state index in [-0.39, 0.29) is 36.8 Å². The minimum absolute atomic E-state index is 0.0412. The van der Waals surface area contributed by atoms with Crippen LogP contribution in [-0.2, 0) is 14.3 Å². The van der Waals surface area contributed by atoms with Gasteiger partial charge in [0.05, 0.1) is 13.2 Å². The monoisotopic (exact) mass is 302 g/mol. The Morgan fingerprint density at radius 2 is 2.27 bits per heavy atom. The zero-order chi connectivity index (χ0) is 15.3. The zero-order valence-corrected chi connectivity index (χ0v) is 12.1. The van der Waals surface area contributed by atoms with Crippen molar-refractivity contribution in [1.29, 1.82) is 0 Å². The molecule has 0 bridgehead atoms. The van der Waals surface area contributed by atoms with Gasteiger partial charge in [-0.1, -0.05) is 6.07 Å². The van der Waals surface area contributed by atoms with Gasteiger partial charge in [-0.25, -0.2) is 0 Å². The van der Waals surface area contributed by atoms with E-state index < -0.39 is 11.4 Å². The van der Waals surface area contributed by atoms with E-state index in [9.17, 15) is 14.7 Å². The van der Waals surface area contributed by atoms with Gasteiger partial charge in [-0.2, -0.15) is 0 Å². The number of aliphatic carboxylic acids is 1. The SMILES string of the molecule is O=C([C@@H]1C[C@H]1c1ccccn1)N1C[C@@H]2COC[C@]2(C(=O)O)C1. The van der Waals surface area contributed by atoms with Gasteiger partial charge < -0.3 is 14.7 Å². The molecule has 1 amide bonds. The summed E-state index contributed by atoms with van der Waals surface area (Å²) in [4.78, 5) is 30.3. The maximum atomic E-state index is 12.7. The first-order valence-corrected chi connectivity index (χ1v) is 7.63. The Hall–Kier alpha value is -1.95. The molecule has 2 saturated heterocycles. The lowest BCUT2D eigenvalue weighted by molar-refractivity contribution is -0.149. The summed E-state index contributed by atoms with van der Waals surface area (Å²) in [6.45, 7) is 1.42. The predicted molar refractivity (Wildman–Crippen MR) is 76.0 cm³/mol. The molecule has 1 aromatic rings. The number of pyridine rings is 1. The lowest BCUT2D eigenvalue weighted by Crippen LogP contribution is -2.40. The van der Waals surface area contributed by atoms with Crippen molar-refractivity contribution in [1.82, 2.24) is 9.88 Å². The zero-order valence-electron chi connectivity index (χ0n) is 12.1. The molecule has 22 heavy (non-hydrogen) atoms. The molecule has 116 valence electrons. The number of likely N-dealkylation sites (tertiary alicyclic amines) is 1. The Bertz CT molecular complexity index is 620. The Balaban J connectivity index is 1.46. The highest BCUT2D eigenvalue weighted by Crippen LogP contribution is 2.50. The fourth-order valence-electron chi connectivity index (χ4n) is 3.83. The molecule has 0 radical (unpaired) electrons. The van der Waals surface area contributed by atoms with Crippen LogP contribution in [0.25, 0.3) is 0 Å². The molecule has 0 aromatic carbocycles. The number of carbonyl (C=O) groups is 2. The van der Waals surface area contributed by atoms with E-state index in [1.54, 1.807) is 11.1 Å². The highest BCUT2D eigenvalue weighted by atomic mass is 16.5. The van der Waals surface area contributed by atoms with E-state index in [1.807, 2.05) is 18.2 Å². The molecule has 1 aliphatic carbocycles. The van der Waals surface area contributed by atoms with E-state index in [0.717, 1.165) is 12.1 Å². The number of hydrogen-bond donors (Lipinski definition) is 1. The molecule has 3 aliphatic rings. The predicted octanol–water partition coefficient (Wildman–Crippen LogP) is 0.745. The first-order chi connectivity index (χ1) is 10.6. The maximum Gasteiger partial charge on any atom is 0.314 e. The normalized spacial score (nSPS) is 36.2. The quantitative estimate of drug-likeness (QED) is 0.891. The number of carboxylic acid groups (broad SMARTS) is 1. The minimum atomic E-state index is -0.898. The average molecular weight is 302 g/mol. The van der Waals surface area contributed by atoms with Crippen LogP contribution >= 0.6 is 0 Å². The van der Waals surface area contributed by atoms with Gasteiger partial charge in [-0.05, 0) is 18.6 Å². The van der Waals surface area contributed by atoms with Crippen LogP contribution in [0.5, 0.6) is 0 Å². The molecule has 0 spiro atoms. The van der Waals surface area contributed by atoms with E-state index in [4.69, 9.17) is 4.74 Å². The van der Waals surface area contributed by atoms with Gasteiger partial charge in [0.15, 0.2) is 0 Å². The third-order valence-corrected chi connectivity index (χ3v) is 5.29. The highest BCUT2D eigenvalue weighted by Gasteiger charge is 2.59. The summed E-state index contributed by atoms with van der Waals surface area (Å²) in [5, 5.41) is 9.53. The molecule has 2 aliphatic heterocycles.